The largest absolute Gasteiger partial charge is 0.351 e. The summed E-state index contributed by atoms with van der Waals surface area (Å²) >= 11 is 0. The van der Waals surface area contributed by atoms with E-state index in [1.807, 2.05) is 33.8 Å². The maximum atomic E-state index is 12.9. The van der Waals surface area contributed by atoms with Crippen molar-refractivity contribution in [2.24, 2.45) is 5.92 Å². The molecule has 1 aliphatic heterocycles. The first-order valence-corrected chi connectivity index (χ1v) is 12.4. The van der Waals surface area contributed by atoms with Crippen LogP contribution in [0.2, 0.25) is 0 Å². The van der Waals surface area contributed by atoms with Crippen LogP contribution in [0.1, 0.15) is 48.2 Å². The predicted octanol–water partition coefficient (Wildman–Crippen LogP) is 3.48. The highest BCUT2D eigenvalue weighted by Crippen LogP contribution is 2.23. The number of hydrogen-bond acceptors (Lipinski definition) is 4. The lowest BCUT2D eigenvalue weighted by molar-refractivity contribution is -0.125. The summed E-state index contributed by atoms with van der Waals surface area (Å²) in [4.78, 5) is 26.7. The summed E-state index contributed by atoms with van der Waals surface area (Å²) in [7, 11) is -3.77. The van der Waals surface area contributed by atoms with Crippen LogP contribution in [-0.2, 0) is 14.8 Å². The fourth-order valence-electron chi connectivity index (χ4n) is 3.67. The van der Waals surface area contributed by atoms with Crippen molar-refractivity contribution in [3.8, 4) is 0 Å². The number of benzene rings is 2. The Balaban J connectivity index is 1.70. The third kappa shape index (κ3) is 5.48. The van der Waals surface area contributed by atoms with E-state index in [9.17, 15) is 18.0 Å². The zero-order chi connectivity index (χ0) is 23.5. The monoisotopic (exact) mass is 457 g/mol. The van der Waals surface area contributed by atoms with Gasteiger partial charge in [-0.25, -0.2) is 8.42 Å². The molecule has 32 heavy (non-hydrogen) atoms. The van der Waals surface area contributed by atoms with Gasteiger partial charge in [0.15, 0.2) is 0 Å². The molecule has 0 aromatic heterocycles. The van der Waals surface area contributed by atoms with Crippen molar-refractivity contribution in [2.45, 2.75) is 51.5 Å². The summed E-state index contributed by atoms with van der Waals surface area (Å²) in [5.41, 5.74) is 2.82. The summed E-state index contributed by atoms with van der Waals surface area (Å²) in [5, 5.41) is 2.99. The van der Waals surface area contributed by atoms with Gasteiger partial charge in [0.05, 0.1) is 10.6 Å². The van der Waals surface area contributed by atoms with Gasteiger partial charge in [0, 0.05) is 30.6 Å². The molecular weight excluding hydrogens is 426 g/mol. The average molecular weight is 458 g/mol. The molecule has 1 heterocycles. The van der Waals surface area contributed by atoms with E-state index in [1.165, 1.54) is 24.3 Å². The first-order chi connectivity index (χ1) is 15.1. The second kappa shape index (κ2) is 9.73. The molecule has 2 N–H and O–H groups in total. The fourth-order valence-corrected chi connectivity index (χ4v) is 4.79. The van der Waals surface area contributed by atoms with Gasteiger partial charge in [0.1, 0.15) is 0 Å². The minimum Gasteiger partial charge on any atom is -0.351 e. The molecule has 3 rings (SSSR count). The minimum atomic E-state index is -3.77. The molecule has 0 aliphatic carbocycles. The Bertz CT molecular complexity index is 1090. The topological polar surface area (TPSA) is 95.6 Å². The van der Waals surface area contributed by atoms with Gasteiger partial charge in [0.2, 0.25) is 5.91 Å². The number of aryl methyl sites for hydroxylation is 1. The number of sulfonamides is 1. The highest BCUT2D eigenvalue weighted by atomic mass is 32.2. The molecule has 8 heteroatoms. The first-order valence-electron chi connectivity index (χ1n) is 10.9. The number of anilines is 1. The molecule has 1 atom stereocenters. The molecule has 1 unspecified atom stereocenters. The molecule has 2 amide bonds. The van der Waals surface area contributed by atoms with Crippen LogP contribution in [0.3, 0.4) is 0 Å². The van der Waals surface area contributed by atoms with Crippen LogP contribution in [0.15, 0.2) is 47.4 Å². The molecule has 2 aromatic rings. The number of nitrogens with zero attached hydrogens (tertiary/aromatic N) is 1. The number of carbonyl (C=O) groups excluding carboxylic acids is 2. The Labute approximate surface area is 190 Å². The molecular formula is C24H31N3O4S. The van der Waals surface area contributed by atoms with E-state index in [-0.39, 0.29) is 28.7 Å². The average Bonchev–Trinajstić information content (AvgIpc) is 2.76. The quantitative estimate of drug-likeness (QED) is 0.694. The summed E-state index contributed by atoms with van der Waals surface area (Å²) < 4.78 is 28.2. The van der Waals surface area contributed by atoms with Gasteiger partial charge in [-0.3, -0.25) is 14.3 Å². The van der Waals surface area contributed by atoms with Crippen molar-refractivity contribution in [3.05, 3.63) is 59.2 Å². The van der Waals surface area contributed by atoms with Gasteiger partial charge < -0.3 is 10.2 Å². The summed E-state index contributed by atoms with van der Waals surface area (Å²) in [5.74, 6) is -0.289. The van der Waals surface area contributed by atoms with Gasteiger partial charge in [0.25, 0.3) is 15.9 Å². The van der Waals surface area contributed by atoms with E-state index in [0.29, 0.717) is 24.3 Å². The Hall–Kier alpha value is -2.87. The van der Waals surface area contributed by atoms with E-state index in [0.717, 1.165) is 24.0 Å². The summed E-state index contributed by atoms with van der Waals surface area (Å²) in [6, 6.07) is 11.4. The molecule has 7 nitrogen and oxygen atoms in total. The lowest BCUT2D eigenvalue weighted by Crippen LogP contribution is -2.50. The molecule has 1 aliphatic rings. The maximum absolute atomic E-state index is 12.9. The Morgan fingerprint density at radius 1 is 1.06 bits per heavy atom. The third-order valence-electron chi connectivity index (χ3n) is 5.84. The summed E-state index contributed by atoms with van der Waals surface area (Å²) in [6.45, 7) is 8.53. The second-order valence-corrected chi connectivity index (χ2v) is 10.3. The van der Waals surface area contributed by atoms with E-state index in [1.54, 1.807) is 17.0 Å². The molecule has 0 saturated carbocycles. The third-order valence-corrected chi connectivity index (χ3v) is 7.22. The van der Waals surface area contributed by atoms with Crippen molar-refractivity contribution in [1.82, 2.24) is 10.2 Å². The SMILES string of the molecule is Cc1cccc(NS(=O)(=O)c2ccc(C(=O)N3CCCC(NC(=O)C(C)C)C3)cc2)c1C. The van der Waals surface area contributed by atoms with Crippen LogP contribution in [0, 0.1) is 19.8 Å². The van der Waals surface area contributed by atoms with Crippen molar-refractivity contribution in [1.29, 1.82) is 0 Å². The Morgan fingerprint density at radius 3 is 2.41 bits per heavy atom. The number of rotatable bonds is 6. The maximum Gasteiger partial charge on any atom is 0.261 e. The Morgan fingerprint density at radius 2 is 1.75 bits per heavy atom. The molecule has 0 bridgehead atoms. The predicted molar refractivity (Wildman–Crippen MR) is 125 cm³/mol. The highest BCUT2D eigenvalue weighted by Gasteiger charge is 2.26. The first kappa shape index (κ1) is 23.8. The number of carbonyl (C=O) groups is 2. The minimum absolute atomic E-state index is 0.0183. The Kier molecular flexibility index (Phi) is 7.23. The summed E-state index contributed by atoms with van der Waals surface area (Å²) in [6.07, 6.45) is 1.64. The molecule has 2 aromatic carbocycles. The molecule has 1 fully saturated rings. The van der Waals surface area contributed by atoms with Crippen molar-refractivity contribution < 1.29 is 18.0 Å². The van der Waals surface area contributed by atoms with E-state index in [2.05, 4.69) is 10.0 Å². The van der Waals surface area contributed by atoms with Gasteiger partial charge in [-0.1, -0.05) is 26.0 Å². The standard InChI is InChI=1S/C24H31N3O4S/c1-16(2)23(28)25-20-8-6-14-27(15-20)24(29)19-10-12-21(13-11-19)32(30,31)26-22-9-5-7-17(3)18(22)4/h5,7,9-13,16,20,26H,6,8,14-15H2,1-4H3,(H,25,28). The lowest BCUT2D eigenvalue weighted by Gasteiger charge is -2.33. The van der Waals surface area contributed by atoms with E-state index in [4.69, 9.17) is 0 Å². The molecule has 0 radical (unpaired) electrons. The van der Waals surface area contributed by atoms with Crippen LogP contribution in [-0.4, -0.2) is 44.3 Å². The normalized spacial score (nSPS) is 16.7. The number of nitrogens with one attached hydrogen (secondary N) is 2. The number of hydrogen-bond donors (Lipinski definition) is 2. The number of piperidine rings is 1. The highest BCUT2D eigenvalue weighted by molar-refractivity contribution is 7.92. The van der Waals surface area contributed by atoms with Gasteiger partial charge in [-0.15, -0.1) is 0 Å². The van der Waals surface area contributed by atoms with E-state index < -0.39 is 10.0 Å². The number of likely N-dealkylation sites (tertiary alicyclic amines) is 1. The van der Waals surface area contributed by atoms with Crippen LogP contribution >= 0.6 is 0 Å². The number of amides is 2. The van der Waals surface area contributed by atoms with Crippen LogP contribution < -0.4 is 10.0 Å². The van der Waals surface area contributed by atoms with Crippen molar-refractivity contribution >= 4 is 27.5 Å². The molecule has 1 saturated heterocycles. The van der Waals surface area contributed by atoms with Gasteiger partial charge in [-0.2, -0.15) is 0 Å². The second-order valence-electron chi connectivity index (χ2n) is 8.63. The zero-order valence-electron chi connectivity index (χ0n) is 19.0. The van der Waals surface area contributed by atoms with Crippen LogP contribution in [0.5, 0.6) is 0 Å². The van der Waals surface area contributed by atoms with Gasteiger partial charge >= 0.3 is 0 Å². The van der Waals surface area contributed by atoms with Crippen molar-refractivity contribution in [3.63, 3.8) is 0 Å². The fraction of sp³-hybridized carbons (Fsp3) is 0.417. The van der Waals surface area contributed by atoms with Crippen molar-refractivity contribution in [2.75, 3.05) is 17.8 Å². The zero-order valence-corrected chi connectivity index (χ0v) is 19.8. The smallest absolute Gasteiger partial charge is 0.261 e. The van der Waals surface area contributed by atoms with E-state index >= 15 is 0 Å². The lowest BCUT2D eigenvalue weighted by atomic mass is 10.0. The molecule has 0 spiro atoms. The van der Waals surface area contributed by atoms with Crippen LogP contribution in [0.4, 0.5) is 5.69 Å². The van der Waals surface area contributed by atoms with Gasteiger partial charge in [-0.05, 0) is 68.1 Å². The molecule has 172 valence electrons. The van der Waals surface area contributed by atoms with Crippen LogP contribution in [0.25, 0.3) is 0 Å².